The predicted molar refractivity (Wildman–Crippen MR) is 85.3 cm³/mol. The van der Waals surface area contributed by atoms with Crippen molar-refractivity contribution in [1.29, 1.82) is 5.26 Å². The minimum atomic E-state index is -0.577. The first-order chi connectivity index (χ1) is 11.1. The number of hydrogen-bond donors (Lipinski definition) is 2. The van der Waals surface area contributed by atoms with Crippen LogP contribution in [0.5, 0.6) is 5.75 Å². The van der Waals surface area contributed by atoms with Crippen molar-refractivity contribution in [3.63, 3.8) is 0 Å². The number of methoxy groups -OCH3 is 1. The maximum absolute atomic E-state index is 12.8. The van der Waals surface area contributed by atoms with Crippen LogP contribution in [0, 0.1) is 17.1 Å². The highest BCUT2D eigenvalue weighted by molar-refractivity contribution is 6.07. The third kappa shape index (κ3) is 4.32. The topological polar surface area (TPSA) is 74.1 Å². The number of benzene rings is 2. The van der Waals surface area contributed by atoms with E-state index < -0.39 is 5.91 Å². The van der Waals surface area contributed by atoms with Crippen LogP contribution >= 0.6 is 0 Å². The predicted octanol–water partition coefficient (Wildman–Crippen LogP) is 3.29. The Labute approximate surface area is 133 Å². The highest BCUT2D eigenvalue weighted by Crippen LogP contribution is 2.23. The van der Waals surface area contributed by atoms with E-state index in [0.717, 1.165) is 0 Å². The number of amides is 1. The van der Waals surface area contributed by atoms with Gasteiger partial charge in [-0.25, -0.2) is 4.39 Å². The summed E-state index contributed by atoms with van der Waals surface area (Å²) in [5.74, 6) is -0.454. The molecule has 116 valence electrons. The van der Waals surface area contributed by atoms with Crippen LogP contribution in [0.15, 0.2) is 60.3 Å². The third-order valence-corrected chi connectivity index (χ3v) is 2.95. The molecular weight excluding hydrogens is 297 g/mol. The summed E-state index contributed by atoms with van der Waals surface area (Å²) in [6, 6.07) is 14.2. The maximum atomic E-state index is 12.8. The molecule has 2 N–H and O–H groups in total. The fourth-order valence-electron chi connectivity index (χ4n) is 1.79. The molecule has 0 aliphatic carbocycles. The second-order valence-electron chi connectivity index (χ2n) is 4.48. The number of nitriles is 1. The first-order valence-electron chi connectivity index (χ1n) is 6.71. The van der Waals surface area contributed by atoms with Crippen molar-refractivity contribution in [2.75, 3.05) is 17.7 Å². The molecule has 1 amide bonds. The molecule has 0 aromatic heterocycles. The summed E-state index contributed by atoms with van der Waals surface area (Å²) in [7, 11) is 1.49. The van der Waals surface area contributed by atoms with Gasteiger partial charge in [0.05, 0.1) is 12.8 Å². The summed E-state index contributed by atoms with van der Waals surface area (Å²) in [6.07, 6.45) is 1.26. The van der Waals surface area contributed by atoms with Crippen LogP contribution in [0.1, 0.15) is 0 Å². The van der Waals surface area contributed by atoms with Crippen molar-refractivity contribution in [1.82, 2.24) is 0 Å². The van der Waals surface area contributed by atoms with E-state index in [2.05, 4.69) is 10.6 Å². The zero-order chi connectivity index (χ0) is 16.7. The minimum absolute atomic E-state index is 0.125. The Morgan fingerprint density at radius 2 is 1.91 bits per heavy atom. The van der Waals surface area contributed by atoms with Crippen LogP contribution in [0.25, 0.3) is 0 Å². The number of carbonyl (C=O) groups excluding carboxylic acids is 1. The van der Waals surface area contributed by atoms with Crippen LogP contribution in [0.4, 0.5) is 15.8 Å². The Balaban J connectivity index is 2.10. The fourth-order valence-corrected chi connectivity index (χ4v) is 1.79. The highest BCUT2D eigenvalue weighted by atomic mass is 19.1. The maximum Gasteiger partial charge on any atom is 0.267 e. The molecule has 0 unspecified atom stereocenters. The van der Waals surface area contributed by atoms with Crippen LogP contribution in [0.3, 0.4) is 0 Å². The molecule has 0 bridgehead atoms. The molecule has 0 radical (unpaired) electrons. The molecule has 5 nitrogen and oxygen atoms in total. The van der Waals surface area contributed by atoms with Crippen molar-refractivity contribution >= 4 is 17.3 Å². The Morgan fingerprint density at radius 3 is 2.57 bits per heavy atom. The van der Waals surface area contributed by atoms with Gasteiger partial charge in [-0.3, -0.25) is 4.79 Å². The van der Waals surface area contributed by atoms with Gasteiger partial charge < -0.3 is 15.4 Å². The van der Waals surface area contributed by atoms with Gasteiger partial charge in [0.15, 0.2) is 0 Å². The Bertz CT molecular complexity index is 764. The molecule has 0 aliphatic heterocycles. The monoisotopic (exact) mass is 311 g/mol. The first-order valence-corrected chi connectivity index (χ1v) is 6.71. The summed E-state index contributed by atoms with van der Waals surface area (Å²) in [5.41, 5.74) is 0.896. The van der Waals surface area contributed by atoms with Gasteiger partial charge in [-0.2, -0.15) is 5.26 Å². The number of hydrogen-bond acceptors (Lipinski definition) is 4. The number of ether oxygens (including phenoxy) is 1. The van der Waals surface area contributed by atoms with Gasteiger partial charge in [-0.15, -0.1) is 0 Å². The summed E-state index contributed by atoms with van der Waals surface area (Å²) in [5, 5.41) is 14.5. The normalized spacial score (nSPS) is 10.6. The Hall–Kier alpha value is -3.33. The second-order valence-corrected chi connectivity index (χ2v) is 4.48. The minimum Gasteiger partial charge on any atom is -0.495 e. The second kappa shape index (κ2) is 7.61. The molecule has 2 aromatic rings. The number of halogens is 1. The molecule has 0 saturated heterocycles. The number of carbonyl (C=O) groups is 1. The number of anilines is 2. The van der Waals surface area contributed by atoms with E-state index >= 15 is 0 Å². The lowest BCUT2D eigenvalue weighted by atomic mass is 10.2. The molecule has 6 heteroatoms. The lowest BCUT2D eigenvalue weighted by Gasteiger charge is -2.09. The summed E-state index contributed by atoms with van der Waals surface area (Å²) in [4.78, 5) is 12.1. The van der Waals surface area contributed by atoms with E-state index in [0.29, 0.717) is 17.1 Å². The number of para-hydroxylation sites is 2. The average molecular weight is 311 g/mol. The van der Waals surface area contributed by atoms with Crippen molar-refractivity contribution < 1.29 is 13.9 Å². The van der Waals surface area contributed by atoms with Crippen LogP contribution in [-0.4, -0.2) is 13.0 Å². The fraction of sp³-hybridized carbons (Fsp3) is 0.0588. The Morgan fingerprint density at radius 1 is 1.22 bits per heavy atom. The van der Waals surface area contributed by atoms with Crippen LogP contribution in [-0.2, 0) is 4.79 Å². The summed E-state index contributed by atoms with van der Waals surface area (Å²) < 4.78 is 18.0. The molecule has 2 aromatic carbocycles. The van der Waals surface area contributed by atoms with Crippen molar-refractivity contribution in [3.8, 4) is 11.8 Å². The van der Waals surface area contributed by atoms with Crippen LogP contribution < -0.4 is 15.4 Å². The van der Waals surface area contributed by atoms with E-state index in [-0.39, 0.29) is 11.4 Å². The van der Waals surface area contributed by atoms with E-state index in [4.69, 9.17) is 10.00 Å². The summed E-state index contributed by atoms with van der Waals surface area (Å²) in [6.45, 7) is 0. The van der Waals surface area contributed by atoms with Gasteiger partial charge in [0.2, 0.25) is 0 Å². The molecule has 0 aliphatic rings. The van der Waals surface area contributed by atoms with E-state index in [1.807, 2.05) is 6.07 Å². The largest absolute Gasteiger partial charge is 0.495 e. The van der Waals surface area contributed by atoms with Crippen molar-refractivity contribution in [2.24, 2.45) is 0 Å². The zero-order valence-electron chi connectivity index (χ0n) is 12.3. The van der Waals surface area contributed by atoms with Crippen molar-refractivity contribution in [2.45, 2.75) is 0 Å². The Kier molecular flexibility index (Phi) is 5.31. The SMILES string of the molecule is COc1ccccc1NC(=O)/C(C#N)=C\Nc1ccc(F)cc1. The van der Waals surface area contributed by atoms with E-state index in [1.54, 1.807) is 24.3 Å². The third-order valence-electron chi connectivity index (χ3n) is 2.95. The number of rotatable bonds is 5. The van der Waals surface area contributed by atoms with Crippen LogP contribution in [0.2, 0.25) is 0 Å². The number of nitrogens with one attached hydrogen (secondary N) is 2. The molecule has 0 fully saturated rings. The molecule has 0 atom stereocenters. The lowest BCUT2D eigenvalue weighted by Crippen LogP contribution is -2.15. The van der Waals surface area contributed by atoms with Gasteiger partial charge in [-0.1, -0.05) is 12.1 Å². The van der Waals surface area contributed by atoms with Gasteiger partial charge in [0.1, 0.15) is 23.2 Å². The average Bonchev–Trinajstić information content (AvgIpc) is 2.57. The molecule has 23 heavy (non-hydrogen) atoms. The molecule has 0 spiro atoms. The first kappa shape index (κ1) is 16.0. The van der Waals surface area contributed by atoms with E-state index in [1.165, 1.54) is 37.6 Å². The quantitative estimate of drug-likeness (QED) is 0.656. The number of nitrogens with zero attached hydrogens (tertiary/aromatic N) is 1. The van der Waals surface area contributed by atoms with Gasteiger partial charge in [0.25, 0.3) is 5.91 Å². The van der Waals surface area contributed by atoms with Gasteiger partial charge in [0, 0.05) is 11.9 Å². The molecule has 0 heterocycles. The van der Waals surface area contributed by atoms with E-state index in [9.17, 15) is 9.18 Å². The molecular formula is C17H14FN3O2. The molecule has 0 saturated carbocycles. The smallest absolute Gasteiger partial charge is 0.267 e. The van der Waals surface area contributed by atoms with Gasteiger partial charge in [-0.05, 0) is 36.4 Å². The lowest BCUT2D eigenvalue weighted by molar-refractivity contribution is -0.112. The highest BCUT2D eigenvalue weighted by Gasteiger charge is 2.11. The molecule has 2 rings (SSSR count). The van der Waals surface area contributed by atoms with Crippen molar-refractivity contribution in [3.05, 3.63) is 66.1 Å². The zero-order valence-corrected chi connectivity index (χ0v) is 12.3. The standard InChI is InChI=1S/C17H14FN3O2/c1-23-16-5-3-2-4-15(16)21-17(22)12(10-19)11-20-14-8-6-13(18)7-9-14/h2-9,11,20H,1H3,(H,21,22)/b12-11-. The summed E-state index contributed by atoms with van der Waals surface area (Å²) >= 11 is 0. The van der Waals surface area contributed by atoms with Gasteiger partial charge >= 0.3 is 0 Å².